The summed E-state index contributed by atoms with van der Waals surface area (Å²) in [5, 5.41) is 8.85. The molecular formula is C16H20N2O4. The highest BCUT2D eigenvalue weighted by Gasteiger charge is 2.43. The molecule has 0 saturated carbocycles. The van der Waals surface area contributed by atoms with Crippen LogP contribution >= 0.6 is 0 Å². The fourth-order valence-electron chi connectivity index (χ4n) is 3.06. The summed E-state index contributed by atoms with van der Waals surface area (Å²) in [7, 11) is 0. The number of benzene rings is 1. The zero-order valence-corrected chi connectivity index (χ0v) is 12.7. The van der Waals surface area contributed by atoms with Crippen LogP contribution in [0.2, 0.25) is 0 Å². The number of fused-ring (bicyclic) bond motifs is 1. The molecular weight excluding hydrogens is 284 g/mol. The van der Waals surface area contributed by atoms with Crippen LogP contribution in [0.25, 0.3) is 0 Å². The quantitative estimate of drug-likeness (QED) is 0.832. The molecule has 3 N–H and O–H groups in total. The molecule has 2 unspecified atom stereocenters. The Morgan fingerprint density at radius 2 is 1.95 bits per heavy atom. The second-order valence-corrected chi connectivity index (χ2v) is 5.84. The molecule has 1 heterocycles. The third-order valence-electron chi connectivity index (χ3n) is 3.97. The van der Waals surface area contributed by atoms with E-state index in [-0.39, 0.29) is 30.7 Å². The van der Waals surface area contributed by atoms with E-state index in [1.165, 1.54) is 4.90 Å². The van der Waals surface area contributed by atoms with Gasteiger partial charge in [0, 0.05) is 12.0 Å². The molecule has 1 aromatic carbocycles. The first-order valence-corrected chi connectivity index (χ1v) is 7.27. The van der Waals surface area contributed by atoms with E-state index in [1.807, 2.05) is 26.0 Å². The predicted molar refractivity (Wildman–Crippen MR) is 80.0 cm³/mol. The number of hydrogen-bond donors (Lipinski definition) is 2. The van der Waals surface area contributed by atoms with Crippen molar-refractivity contribution in [2.45, 2.75) is 38.8 Å². The molecule has 2 amide bonds. The van der Waals surface area contributed by atoms with Crippen molar-refractivity contribution in [3.8, 4) is 0 Å². The van der Waals surface area contributed by atoms with Gasteiger partial charge in [-0.05, 0) is 24.0 Å². The molecule has 6 nitrogen and oxygen atoms in total. The van der Waals surface area contributed by atoms with Crippen LogP contribution in [0, 0.1) is 5.92 Å². The van der Waals surface area contributed by atoms with E-state index >= 15 is 0 Å². The number of hydrogen-bond acceptors (Lipinski definition) is 3. The number of carbonyl (C=O) groups is 3. The fraction of sp³-hybridized carbons (Fsp3) is 0.438. The van der Waals surface area contributed by atoms with Crippen molar-refractivity contribution in [2.75, 3.05) is 0 Å². The number of carboxylic acids is 1. The van der Waals surface area contributed by atoms with Crippen molar-refractivity contribution >= 4 is 17.8 Å². The summed E-state index contributed by atoms with van der Waals surface area (Å²) in [4.78, 5) is 36.7. The van der Waals surface area contributed by atoms with Gasteiger partial charge < -0.3 is 15.7 Å². The lowest BCUT2D eigenvalue weighted by molar-refractivity contribution is -0.137. The Morgan fingerprint density at radius 1 is 1.32 bits per heavy atom. The number of nitrogens with zero attached hydrogens (tertiary/aromatic N) is 1. The van der Waals surface area contributed by atoms with Crippen molar-refractivity contribution in [3.05, 3.63) is 35.4 Å². The van der Waals surface area contributed by atoms with Gasteiger partial charge >= 0.3 is 5.97 Å². The van der Waals surface area contributed by atoms with Crippen molar-refractivity contribution in [3.63, 3.8) is 0 Å². The number of aliphatic carboxylic acids is 1. The molecule has 0 saturated heterocycles. The zero-order chi connectivity index (χ0) is 16.4. The summed E-state index contributed by atoms with van der Waals surface area (Å²) in [6, 6.07) is 6.03. The molecule has 2 atom stereocenters. The van der Waals surface area contributed by atoms with E-state index in [1.54, 1.807) is 12.1 Å². The van der Waals surface area contributed by atoms with Gasteiger partial charge in [-0.3, -0.25) is 14.4 Å². The Labute approximate surface area is 128 Å². The first-order valence-electron chi connectivity index (χ1n) is 7.27. The van der Waals surface area contributed by atoms with Crippen molar-refractivity contribution < 1.29 is 19.5 Å². The zero-order valence-electron chi connectivity index (χ0n) is 12.7. The maximum atomic E-state index is 12.7. The Kier molecular flexibility index (Phi) is 4.49. The Morgan fingerprint density at radius 3 is 2.50 bits per heavy atom. The normalized spacial score (nSPS) is 18.4. The third kappa shape index (κ3) is 2.81. The van der Waals surface area contributed by atoms with Gasteiger partial charge in [0.2, 0.25) is 5.91 Å². The SMILES string of the molecule is CC(C)C1c2ccccc2C(=O)N1C(CCC(=O)O)C(N)=O. The number of rotatable bonds is 6. The summed E-state index contributed by atoms with van der Waals surface area (Å²) < 4.78 is 0. The van der Waals surface area contributed by atoms with Crippen LogP contribution in [-0.2, 0) is 9.59 Å². The van der Waals surface area contributed by atoms with E-state index in [9.17, 15) is 14.4 Å². The molecule has 1 aromatic rings. The van der Waals surface area contributed by atoms with Crippen molar-refractivity contribution in [2.24, 2.45) is 11.7 Å². The lowest BCUT2D eigenvalue weighted by Crippen LogP contribution is -2.47. The standard InChI is InChI=1S/C16H20N2O4/c1-9(2)14-10-5-3-4-6-11(10)16(22)18(14)12(15(17)21)7-8-13(19)20/h3-6,9,12,14H,7-8H2,1-2H3,(H2,17,21)(H,19,20). The Bertz CT molecular complexity index is 612. The highest BCUT2D eigenvalue weighted by Crippen LogP contribution is 2.40. The van der Waals surface area contributed by atoms with Crippen molar-refractivity contribution in [1.29, 1.82) is 0 Å². The van der Waals surface area contributed by atoms with Gasteiger partial charge in [-0.1, -0.05) is 32.0 Å². The van der Waals surface area contributed by atoms with Gasteiger partial charge in [0.1, 0.15) is 6.04 Å². The topological polar surface area (TPSA) is 101 Å². The average Bonchev–Trinajstić information content (AvgIpc) is 2.73. The van der Waals surface area contributed by atoms with Crippen LogP contribution < -0.4 is 5.73 Å². The summed E-state index contributed by atoms with van der Waals surface area (Å²) in [6.45, 7) is 3.92. The lowest BCUT2D eigenvalue weighted by atomic mass is 9.94. The number of amides is 2. The molecule has 0 aliphatic carbocycles. The van der Waals surface area contributed by atoms with Crippen LogP contribution in [0.1, 0.15) is 48.7 Å². The monoisotopic (exact) mass is 304 g/mol. The van der Waals surface area contributed by atoms with Gasteiger partial charge in [-0.2, -0.15) is 0 Å². The minimum atomic E-state index is -1.02. The van der Waals surface area contributed by atoms with Crippen LogP contribution in [-0.4, -0.2) is 33.8 Å². The van der Waals surface area contributed by atoms with Gasteiger partial charge in [0.15, 0.2) is 0 Å². The molecule has 22 heavy (non-hydrogen) atoms. The largest absolute Gasteiger partial charge is 0.481 e. The number of carboxylic acid groups (broad SMARTS) is 1. The van der Waals surface area contributed by atoms with E-state index in [2.05, 4.69) is 0 Å². The van der Waals surface area contributed by atoms with E-state index in [4.69, 9.17) is 10.8 Å². The molecule has 2 rings (SSSR count). The van der Waals surface area contributed by atoms with Gasteiger partial charge in [0.25, 0.3) is 5.91 Å². The van der Waals surface area contributed by atoms with Crippen LogP contribution in [0.5, 0.6) is 0 Å². The summed E-state index contributed by atoms with van der Waals surface area (Å²) in [5.41, 5.74) is 6.86. The summed E-state index contributed by atoms with van der Waals surface area (Å²) >= 11 is 0. The van der Waals surface area contributed by atoms with Gasteiger partial charge in [0.05, 0.1) is 6.04 Å². The van der Waals surface area contributed by atoms with Crippen LogP contribution in [0.4, 0.5) is 0 Å². The smallest absolute Gasteiger partial charge is 0.303 e. The minimum absolute atomic E-state index is 0.0214. The molecule has 1 aliphatic heterocycles. The molecule has 0 spiro atoms. The molecule has 6 heteroatoms. The number of primary amides is 1. The third-order valence-corrected chi connectivity index (χ3v) is 3.97. The van der Waals surface area contributed by atoms with E-state index in [0.29, 0.717) is 5.56 Å². The van der Waals surface area contributed by atoms with Gasteiger partial charge in [-0.25, -0.2) is 0 Å². The predicted octanol–water partition coefficient (Wildman–Crippen LogP) is 1.56. The second kappa shape index (κ2) is 6.17. The number of carbonyl (C=O) groups excluding carboxylic acids is 2. The van der Waals surface area contributed by atoms with Crippen LogP contribution in [0.3, 0.4) is 0 Å². The van der Waals surface area contributed by atoms with Crippen molar-refractivity contribution in [1.82, 2.24) is 4.90 Å². The molecule has 0 fully saturated rings. The maximum absolute atomic E-state index is 12.7. The van der Waals surface area contributed by atoms with Crippen LogP contribution in [0.15, 0.2) is 24.3 Å². The fourth-order valence-corrected chi connectivity index (χ4v) is 3.06. The first kappa shape index (κ1) is 16.0. The molecule has 1 aliphatic rings. The van der Waals surface area contributed by atoms with E-state index < -0.39 is 17.9 Å². The summed E-state index contributed by atoms with van der Waals surface area (Å²) in [5.74, 6) is -1.87. The minimum Gasteiger partial charge on any atom is -0.481 e. The first-order chi connectivity index (χ1) is 10.3. The van der Waals surface area contributed by atoms with E-state index in [0.717, 1.165) is 5.56 Å². The number of nitrogens with two attached hydrogens (primary N) is 1. The second-order valence-electron chi connectivity index (χ2n) is 5.84. The highest BCUT2D eigenvalue weighted by atomic mass is 16.4. The molecule has 0 aromatic heterocycles. The average molecular weight is 304 g/mol. The Balaban J connectivity index is 2.41. The lowest BCUT2D eigenvalue weighted by Gasteiger charge is -2.33. The maximum Gasteiger partial charge on any atom is 0.303 e. The molecule has 118 valence electrons. The van der Waals surface area contributed by atoms with Gasteiger partial charge in [-0.15, -0.1) is 0 Å². The highest BCUT2D eigenvalue weighted by molar-refractivity contribution is 6.01. The molecule has 0 radical (unpaired) electrons. The summed E-state index contributed by atoms with van der Waals surface area (Å²) in [6.07, 6.45) is -0.188. The Hall–Kier alpha value is -2.37. The molecule has 0 bridgehead atoms.